The lowest BCUT2D eigenvalue weighted by atomic mass is 9.96. The van der Waals surface area contributed by atoms with Gasteiger partial charge in [0.15, 0.2) is 0 Å². The second kappa shape index (κ2) is 5.20. The van der Waals surface area contributed by atoms with Gasteiger partial charge in [0, 0.05) is 11.7 Å². The van der Waals surface area contributed by atoms with E-state index in [4.69, 9.17) is 0 Å². The number of hydrogen-bond acceptors (Lipinski definition) is 1. The summed E-state index contributed by atoms with van der Waals surface area (Å²) in [6.45, 7) is 2.18. The number of nitrogens with zero attached hydrogens (tertiary/aromatic N) is 1. The largest absolute Gasteiger partial charge is 0.313 e. The average molecular weight is 255 g/mol. The summed E-state index contributed by atoms with van der Waals surface area (Å²) in [6, 6.07) is 10.7. The number of hydrogen-bond donors (Lipinski definition) is 0. The summed E-state index contributed by atoms with van der Waals surface area (Å²) >= 11 is 0. The molecule has 0 N–H and O–H groups in total. The van der Waals surface area contributed by atoms with Crippen molar-refractivity contribution in [1.29, 1.82) is 0 Å². The molecule has 0 spiro atoms. The second-order valence-corrected chi connectivity index (χ2v) is 5.74. The van der Waals surface area contributed by atoms with Crippen molar-refractivity contribution >= 4 is 5.91 Å². The van der Waals surface area contributed by atoms with Gasteiger partial charge in [-0.1, -0.05) is 30.3 Å². The Hall–Kier alpha value is -1.57. The number of carbonyl (C=O) groups excluding carboxylic acids is 1. The number of rotatable bonds is 3. The number of benzene rings is 1. The molecule has 0 saturated heterocycles. The molecule has 0 aromatic heterocycles. The highest BCUT2D eigenvalue weighted by Crippen LogP contribution is 2.37. The smallest absolute Gasteiger partial charge is 0.231 e. The van der Waals surface area contributed by atoms with Crippen molar-refractivity contribution in [2.45, 2.75) is 51.5 Å². The maximum absolute atomic E-state index is 12.3. The fourth-order valence-corrected chi connectivity index (χ4v) is 3.41. The van der Waals surface area contributed by atoms with Crippen molar-refractivity contribution in [3.63, 3.8) is 0 Å². The predicted octanol–water partition coefficient (Wildman–Crippen LogP) is 3.68. The van der Waals surface area contributed by atoms with E-state index in [0.29, 0.717) is 12.3 Å². The molecule has 0 saturated carbocycles. The molecule has 1 aromatic rings. The van der Waals surface area contributed by atoms with E-state index in [0.717, 1.165) is 19.3 Å². The van der Waals surface area contributed by atoms with Crippen LogP contribution in [0, 0.1) is 0 Å². The van der Waals surface area contributed by atoms with E-state index in [1.807, 2.05) is 6.07 Å². The van der Waals surface area contributed by atoms with Crippen molar-refractivity contribution in [3.8, 4) is 0 Å². The van der Waals surface area contributed by atoms with Crippen LogP contribution in [-0.2, 0) is 11.2 Å². The Bertz CT molecular complexity index is 503. The lowest BCUT2D eigenvalue weighted by Gasteiger charge is -2.29. The first-order valence-electron chi connectivity index (χ1n) is 7.32. The van der Waals surface area contributed by atoms with E-state index in [1.54, 1.807) is 0 Å². The minimum Gasteiger partial charge on any atom is -0.313 e. The minimum absolute atomic E-state index is 0.278. The zero-order valence-electron chi connectivity index (χ0n) is 11.6. The van der Waals surface area contributed by atoms with Crippen molar-refractivity contribution in [2.24, 2.45) is 0 Å². The highest BCUT2D eigenvalue weighted by Gasteiger charge is 2.33. The third-order valence-electron chi connectivity index (χ3n) is 4.29. The van der Waals surface area contributed by atoms with Gasteiger partial charge in [-0.25, -0.2) is 0 Å². The van der Waals surface area contributed by atoms with Crippen LogP contribution in [0.1, 0.15) is 44.6 Å². The third kappa shape index (κ3) is 2.44. The topological polar surface area (TPSA) is 20.3 Å². The van der Waals surface area contributed by atoms with Crippen LogP contribution < -0.4 is 0 Å². The molecule has 0 unspecified atom stereocenters. The SMILES string of the molecule is C[C@@H](Cc1ccccc1)N1C(=O)CC2=C1CCCC2. The van der Waals surface area contributed by atoms with Crippen LogP contribution in [0.2, 0.25) is 0 Å². The number of amides is 1. The van der Waals surface area contributed by atoms with Gasteiger partial charge >= 0.3 is 0 Å². The zero-order chi connectivity index (χ0) is 13.2. The molecule has 2 nitrogen and oxygen atoms in total. The van der Waals surface area contributed by atoms with Crippen LogP contribution in [0.5, 0.6) is 0 Å². The highest BCUT2D eigenvalue weighted by molar-refractivity contribution is 5.84. The summed E-state index contributed by atoms with van der Waals surface area (Å²) < 4.78 is 0. The molecule has 1 aliphatic heterocycles. The Morgan fingerprint density at radius 2 is 1.89 bits per heavy atom. The van der Waals surface area contributed by atoms with E-state index in [-0.39, 0.29) is 6.04 Å². The van der Waals surface area contributed by atoms with E-state index in [2.05, 4.69) is 36.1 Å². The first kappa shape index (κ1) is 12.5. The molecule has 1 aliphatic carbocycles. The monoisotopic (exact) mass is 255 g/mol. The Labute approximate surface area is 115 Å². The Morgan fingerprint density at radius 1 is 1.16 bits per heavy atom. The molecule has 2 heteroatoms. The van der Waals surface area contributed by atoms with Crippen molar-refractivity contribution in [3.05, 3.63) is 47.2 Å². The van der Waals surface area contributed by atoms with Crippen LogP contribution in [0.3, 0.4) is 0 Å². The molecule has 1 atom stereocenters. The molecular formula is C17H21NO. The summed E-state index contributed by atoms with van der Waals surface area (Å²) in [5.41, 5.74) is 4.07. The summed E-state index contributed by atoms with van der Waals surface area (Å²) in [5, 5.41) is 0. The number of carbonyl (C=O) groups is 1. The Kier molecular flexibility index (Phi) is 3.41. The number of allylic oxidation sites excluding steroid dienone is 1. The summed E-state index contributed by atoms with van der Waals surface area (Å²) in [4.78, 5) is 14.3. The van der Waals surface area contributed by atoms with Gasteiger partial charge in [-0.15, -0.1) is 0 Å². The van der Waals surface area contributed by atoms with Gasteiger partial charge in [0.2, 0.25) is 5.91 Å². The van der Waals surface area contributed by atoms with Crippen LogP contribution >= 0.6 is 0 Å². The molecule has 19 heavy (non-hydrogen) atoms. The maximum Gasteiger partial charge on any atom is 0.231 e. The van der Waals surface area contributed by atoms with Gasteiger partial charge in [0.05, 0.1) is 6.42 Å². The molecular weight excluding hydrogens is 234 g/mol. The molecule has 0 bridgehead atoms. The normalized spacial score (nSPS) is 20.7. The van der Waals surface area contributed by atoms with Crippen LogP contribution in [0.15, 0.2) is 41.6 Å². The van der Waals surface area contributed by atoms with Gasteiger partial charge in [0.25, 0.3) is 0 Å². The van der Waals surface area contributed by atoms with Gasteiger partial charge in [-0.2, -0.15) is 0 Å². The molecule has 0 fully saturated rings. The fourth-order valence-electron chi connectivity index (χ4n) is 3.41. The molecule has 0 radical (unpaired) electrons. The van der Waals surface area contributed by atoms with Crippen molar-refractivity contribution in [2.75, 3.05) is 0 Å². The molecule has 1 aromatic carbocycles. The lowest BCUT2D eigenvalue weighted by molar-refractivity contribution is -0.128. The summed E-state index contributed by atoms with van der Waals surface area (Å²) in [5.74, 6) is 0.315. The highest BCUT2D eigenvalue weighted by atomic mass is 16.2. The average Bonchev–Trinajstić information content (AvgIpc) is 2.75. The lowest BCUT2D eigenvalue weighted by Crippen LogP contribution is -2.35. The van der Waals surface area contributed by atoms with Crippen molar-refractivity contribution in [1.82, 2.24) is 4.90 Å². The van der Waals surface area contributed by atoms with Crippen LogP contribution in [0.25, 0.3) is 0 Å². The van der Waals surface area contributed by atoms with Gasteiger partial charge in [-0.3, -0.25) is 4.79 Å². The standard InChI is InChI=1S/C17H21NO/c1-13(11-14-7-3-2-4-8-14)18-16-10-6-5-9-15(16)12-17(18)19/h2-4,7-8,13H,5-6,9-12H2,1H3/t13-/m0/s1. The van der Waals surface area contributed by atoms with Gasteiger partial charge in [0.1, 0.15) is 0 Å². The fraction of sp³-hybridized carbons (Fsp3) is 0.471. The summed E-state index contributed by atoms with van der Waals surface area (Å²) in [7, 11) is 0. The van der Waals surface area contributed by atoms with E-state index in [9.17, 15) is 4.79 Å². The quantitative estimate of drug-likeness (QED) is 0.807. The molecule has 100 valence electrons. The zero-order valence-corrected chi connectivity index (χ0v) is 11.6. The first-order chi connectivity index (χ1) is 9.25. The van der Waals surface area contributed by atoms with Crippen LogP contribution in [0.4, 0.5) is 0 Å². The van der Waals surface area contributed by atoms with E-state index in [1.165, 1.54) is 29.7 Å². The van der Waals surface area contributed by atoms with Crippen molar-refractivity contribution < 1.29 is 4.79 Å². The maximum atomic E-state index is 12.3. The first-order valence-corrected chi connectivity index (χ1v) is 7.32. The summed E-state index contributed by atoms with van der Waals surface area (Å²) in [6.07, 6.45) is 6.35. The minimum atomic E-state index is 0.278. The molecule has 2 aliphatic rings. The van der Waals surface area contributed by atoms with E-state index >= 15 is 0 Å². The molecule has 1 heterocycles. The molecule has 1 amide bonds. The third-order valence-corrected chi connectivity index (χ3v) is 4.29. The Balaban J connectivity index is 1.77. The van der Waals surface area contributed by atoms with Gasteiger partial charge in [-0.05, 0) is 50.2 Å². The van der Waals surface area contributed by atoms with E-state index < -0.39 is 0 Å². The van der Waals surface area contributed by atoms with Crippen LogP contribution in [-0.4, -0.2) is 16.8 Å². The van der Waals surface area contributed by atoms with Gasteiger partial charge < -0.3 is 4.90 Å². The second-order valence-electron chi connectivity index (χ2n) is 5.74. The predicted molar refractivity (Wildman–Crippen MR) is 76.6 cm³/mol. The Morgan fingerprint density at radius 3 is 2.68 bits per heavy atom. The molecule has 3 rings (SSSR count).